The van der Waals surface area contributed by atoms with E-state index in [1.54, 1.807) is 19.1 Å². The fourth-order valence-corrected chi connectivity index (χ4v) is 7.53. The summed E-state index contributed by atoms with van der Waals surface area (Å²) in [5.41, 5.74) is 2.67. The van der Waals surface area contributed by atoms with Gasteiger partial charge in [0, 0.05) is 12.5 Å². The van der Waals surface area contributed by atoms with Gasteiger partial charge in [0.15, 0.2) is 34.7 Å². The number of phenols is 1. The lowest BCUT2D eigenvalue weighted by atomic mass is 9.49. The summed E-state index contributed by atoms with van der Waals surface area (Å²) >= 11 is 0. The minimum atomic E-state index is -3.03. The van der Waals surface area contributed by atoms with Crippen molar-refractivity contribution in [1.29, 1.82) is 0 Å². The quantitative estimate of drug-likeness (QED) is 0.295. The van der Waals surface area contributed by atoms with E-state index in [-0.39, 0.29) is 17.7 Å². The molecule has 1 saturated heterocycles. The Balaban J connectivity index is 1.66. The summed E-state index contributed by atoms with van der Waals surface area (Å²) in [4.78, 5) is 84.4. The average Bonchev–Trinajstić information content (AvgIpc) is 3.42. The molecule has 41 heavy (non-hydrogen) atoms. The Morgan fingerprint density at radius 2 is 1.78 bits per heavy atom. The molecular weight excluding hydrogens is 534 g/mol. The Morgan fingerprint density at radius 3 is 2.39 bits per heavy atom. The van der Waals surface area contributed by atoms with E-state index in [1.807, 2.05) is 0 Å². The number of ether oxygens (including phenoxy) is 1. The van der Waals surface area contributed by atoms with E-state index < -0.39 is 82.3 Å². The number of phenolic OH excluding ortho intramolecular Hbond substituents is 1. The monoisotopic (exact) mass is 569 g/mol. The number of nitrogens with two attached hydrogens (primary N) is 1. The van der Waals surface area contributed by atoms with Crippen LogP contribution in [0.2, 0.25) is 0 Å². The average molecular weight is 570 g/mol. The zero-order valence-corrected chi connectivity index (χ0v) is 23.2. The third-order valence-electron chi connectivity index (χ3n) is 9.42. The number of likely N-dealkylation sites (N-methyl/N-ethyl adjacent to an activating group) is 1. The first kappa shape index (κ1) is 29.0. The number of primary amides is 1. The number of hydrogen-bond donors (Lipinski definition) is 3. The lowest BCUT2D eigenvalue weighted by Gasteiger charge is -2.56. The van der Waals surface area contributed by atoms with Gasteiger partial charge in [0.05, 0.1) is 29.9 Å². The standard InChI is InChI=1S/C29H35N3O9/c1-13-14-7-6-8-15(33)18(14)23(35)19-17(13)25(41-16(34)9-12-32-10-4-5-11-32)21-22(31(2)3)24(36)20(28(30)39)27(38)29(21,40)26(19)37/h6-8,13,17,19-22,25,33,40H,4-5,9-12H2,1-3H3,(H2,30,39). The molecule has 4 aliphatic rings. The molecule has 0 aromatic heterocycles. The Bertz CT molecular complexity index is 1340. The van der Waals surface area contributed by atoms with Crippen LogP contribution in [0.25, 0.3) is 0 Å². The fourth-order valence-electron chi connectivity index (χ4n) is 7.53. The van der Waals surface area contributed by atoms with Gasteiger partial charge in [-0.1, -0.05) is 19.1 Å². The van der Waals surface area contributed by atoms with E-state index in [2.05, 4.69) is 4.90 Å². The molecule has 220 valence electrons. The number of carbonyl (C=O) groups excluding carboxylic acids is 6. The van der Waals surface area contributed by atoms with Gasteiger partial charge in [0.25, 0.3) is 0 Å². The van der Waals surface area contributed by atoms with Crippen LogP contribution in [0.4, 0.5) is 0 Å². The topological polar surface area (TPSA) is 185 Å². The number of esters is 1. The number of hydrogen-bond acceptors (Lipinski definition) is 11. The van der Waals surface area contributed by atoms with Crippen LogP contribution in [0.1, 0.15) is 48.0 Å². The number of aromatic hydroxyl groups is 1. The highest BCUT2D eigenvalue weighted by molar-refractivity contribution is 6.32. The first-order chi connectivity index (χ1) is 19.3. The molecule has 1 aromatic rings. The molecule has 0 radical (unpaired) electrons. The predicted molar refractivity (Wildman–Crippen MR) is 142 cm³/mol. The van der Waals surface area contributed by atoms with Crippen molar-refractivity contribution in [3.8, 4) is 5.75 Å². The number of likely N-dealkylation sites (tertiary alicyclic amines) is 1. The van der Waals surface area contributed by atoms with Crippen LogP contribution < -0.4 is 5.73 Å². The van der Waals surface area contributed by atoms with Gasteiger partial charge in [-0.2, -0.15) is 0 Å². The van der Waals surface area contributed by atoms with Crippen molar-refractivity contribution in [2.24, 2.45) is 29.4 Å². The summed E-state index contributed by atoms with van der Waals surface area (Å²) in [6.45, 7) is 3.79. The maximum absolute atomic E-state index is 14.2. The summed E-state index contributed by atoms with van der Waals surface area (Å²) < 4.78 is 6.00. The molecule has 1 amide bonds. The number of benzene rings is 1. The number of fused-ring (bicyclic) bond motifs is 3. The third-order valence-corrected chi connectivity index (χ3v) is 9.42. The van der Waals surface area contributed by atoms with Gasteiger partial charge in [-0.05, 0) is 57.6 Å². The van der Waals surface area contributed by atoms with Crippen LogP contribution in [0, 0.1) is 23.7 Å². The largest absolute Gasteiger partial charge is 0.507 e. The molecule has 1 aliphatic heterocycles. The van der Waals surface area contributed by atoms with Gasteiger partial charge >= 0.3 is 5.97 Å². The van der Waals surface area contributed by atoms with Gasteiger partial charge in [0.1, 0.15) is 11.9 Å². The van der Waals surface area contributed by atoms with Crippen molar-refractivity contribution in [3.05, 3.63) is 29.3 Å². The van der Waals surface area contributed by atoms with Crippen LogP contribution >= 0.6 is 0 Å². The number of nitrogens with zero attached hydrogens (tertiary/aromatic N) is 2. The minimum absolute atomic E-state index is 0.0227. The van der Waals surface area contributed by atoms with Gasteiger partial charge < -0.3 is 25.6 Å². The molecule has 8 unspecified atom stereocenters. The van der Waals surface area contributed by atoms with E-state index in [1.165, 1.54) is 25.1 Å². The molecule has 4 N–H and O–H groups in total. The smallest absolute Gasteiger partial charge is 0.307 e. The molecule has 1 heterocycles. The lowest BCUT2D eigenvalue weighted by molar-refractivity contribution is -0.205. The van der Waals surface area contributed by atoms with Crippen LogP contribution in [0.5, 0.6) is 5.75 Å². The maximum atomic E-state index is 14.2. The van der Waals surface area contributed by atoms with Gasteiger partial charge in [0.2, 0.25) is 5.91 Å². The molecule has 0 bridgehead atoms. The van der Waals surface area contributed by atoms with Crippen LogP contribution in [-0.2, 0) is 28.7 Å². The number of rotatable bonds is 6. The summed E-state index contributed by atoms with van der Waals surface area (Å²) in [6, 6.07) is 3.04. The van der Waals surface area contributed by atoms with E-state index in [9.17, 15) is 39.0 Å². The van der Waals surface area contributed by atoms with Gasteiger partial charge in [-0.3, -0.25) is 33.7 Å². The first-order valence-electron chi connectivity index (χ1n) is 13.9. The highest BCUT2D eigenvalue weighted by Gasteiger charge is 2.74. The zero-order chi connectivity index (χ0) is 30.0. The van der Waals surface area contributed by atoms with Gasteiger partial charge in [-0.25, -0.2) is 0 Å². The molecule has 3 aliphatic carbocycles. The lowest BCUT2D eigenvalue weighted by Crippen LogP contribution is -2.78. The second kappa shape index (κ2) is 10.4. The summed E-state index contributed by atoms with van der Waals surface area (Å²) in [6.07, 6.45) is 0.573. The highest BCUT2D eigenvalue weighted by Crippen LogP contribution is 2.55. The molecule has 0 spiro atoms. The fraction of sp³-hybridized carbons (Fsp3) is 0.586. The maximum Gasteiger partial charge on any atom is 0.307 e. The van der Waals surface area contributed by atoms with Gasteiger partial charge in [-0.15, -0.1) is 0 Å². The normalized spacial score (nSPS) is 35.2. The molecule has 1 aromatic carbocycles. The van der Waals surface area contributed by atoms with E-state index >= 15 is 0 Å². The van der Waals surface area contributed by atoms with E-state index in [4.69, 9.17) is 10.5 Å². The summed E-state index contributed by atoms with van der Waals surface area (Å²) in [5.74, 6) is -13.9. The zero-order valence-electron chi connectivity index (χ0n) is 23.2. The van der Waals surface area contributed by atoms with Crippen LogP contribution in [0.3, 0.4) is 0 Å². The third kappa shape index (κ3) is 4.31. The Morgan fingerprint density at radius 1 is 1.12 bits per heavy atom. The van der Waals surface area contributed by atoms with Crippen molar-refractivity contribution in [2.45, 2.75) is 49.9 Å². The molecule has 2 saturated carbocycles. The van der Waals surface area contributed by atoms with Crippen molar-refractivity contribution >= 4 is 35.0 Å². The van der Waals surface area contributed by atoms with Crippen molar-refractivity contribution in [2.75, 3.05) is 33.7 Å². The Labute approximate surface area is 236 Å². The number of aliphatic hydroxyl groups is 1. The first-order valence-corrected chi connectivity index (χ1v) is 13.9. The van der Waals surface area contributed by atoms with Crippen LogP contribution in [0.15, 0.2) is 18.2 Å². The van der Waals surface area contributed by atoms with Crippen molar-refractivity contribution in [3.63, 3.8) is 0 Å². The molecule has 5 rings (SSSR count). The van der Waals surface area contributed by atoms with Crippen molar-refractivity contribution in [1.82, 2.24) is 9.80 Å². The molecule has 8 atom stereocenters. The van der Waals surface area contributed by atoms with Crippen LogP contribution in [-0.4, -0.2) is 106 Å². The van der Waals surface area contributed by atoms with E-state index in [0.717, 1.165) is 25.9 Å². The number of amides is 1. The summed E-state index contributed by atoms with van der Waals surface area (Å²) in [7, 11) is 2.95. The van der Waals surface area contributed by atoms with Crippen molar-refractivity contribution < 1.29 is 43.7 Å². The predicted octanol–water partition coefficient (Wildman–Crippen LogP) is -0.564. The Kier molecular flexibility index (Phi) is 7.37. The minimum Gasteiger partial charge on any atom is -0.507 e. The summed E-state index contributed by atoms with van der Waals surface area (Å²) in [5, 5.41) is 22.6. The number of Topliss-reactive ketones (excluding diaryl/α,β-unsaturated/α-hetero) is 4. The Hall–Kier alpha value is -3.48. The molecule has 12 nitrogen and oxygen atoms in total. The second-order valence-corrected chi connectivity index (χ2v) is 11.9. The second-order valence-electron chi connectivity index (χ2n) is 11.9. The molecular formula is C29H35N3O9. The van der Waals surface area contributed by atoms with E-state index in [0.29, 0.717) is 12.1 Å². The highest BCUT2D eigenvalue weighted by atomic mass is 16.5. The SMILES string of the molecule is CC1c2cccc(O)c2C(=O)C2C(=O)C3(O)C(=O)C(C(N)=O)C(=O)C(N(C)C)C3C(OC(=O)CCN3CCCC3)C21. The number of ketones is 4. The molecule has 12 heteroatoms. The molecule has 3 fully saturated rings. The number of carbonyl (C=O) groups is 6.